The zero-order valence-electron chi connectivity index (χ0n) is 17.4. The monoisotopic (exact) mass is 479 g/mol. The molecule has 4 rings (SSSR count). The number of carbonyl (C=O) groups is 1. The number of anilines is 1. The van der Waals surface area contributed by atoms with Crippen LogP contribution in [0.4, 0.5) is 5.13 Å². The number of ether oxygens (including phenoxy) is 1. The fourth-order valence-electron chi connectivity index (χ4n) is 3.71. The molecular weight excluding hydrogens is 457 g/mol. The molecule has 3 heterocycles. The molecule has 1 unspecified atom stereocenters. The van der Waals surface area contributed by atoms with Gasteiger partial charge in [0.05, 0.1) is 29.1 Å². The Morgan fingerprint density at radius 1 is 1.32 bits per heavy atom. The van der Waals surface area contributed by atoms with Gasteiger partial charge in [-0.15, -0.1) is 11.3 Å². The molecule has 3 aromatic rings. The average molecular weight is 480 g/mol. The third kappa shape index (κ3) is 5.12. The molecule has 1 fully saturated rings. The Hall–Kier alpha value is -1.93. The van der Waals surface area contributed by atoms with Crippen LogP contribution in [0, 0.1) is 13.8 Å². The molecule has 0 N–H and O–H groups in total. The van der Waals surface area contributed by atoms with Crippen LogP contribution in [0.2, 0.25) is 10.0 Å². The van der Waals surface area contributed by atoms with Crippen molar-refractivity contribution in [3.63, 3.8) is 0 Å². The number of carbonyl (C=O) groups excluding carboxylic acids is 1. The predicted octanol–water partition coefficient (Wildman–Crippen LogP) is 5.87. The highest BCUT2D eigenvalue weighted by atomic mass is 35.5. The van der Waals surface area contributed by atoms with Crippen LogP contribution in [0.3, 0.4) is 0 Å². The lowest BCUT2D eigenvalue weighted by atomic mass is 10.1. The lowest BCUT2D eigenvalue weighted by Gasteiger charge is -2.23. The van der Waals surface area contributed by atoms with Gasteiger partial charge in [-0.3, -0.25) is 9.69 Å². The summed E-state index contributed by atoms with van der Waals surface area (Å²) in [5, 5.41) is 7.63. The number of rotatable bonds is 7. The zero-order chi connectivity index (χ0) is 22.0. The average Bonchev–Trinajstić information content (AvgIpc) is 3.47. The summed E-state index contributed by atoms with van der Waals surface area (Å²) in [5.74, 6) is 0.753. The first-order valence-corrected chi connectivity index (χ1v) is 11.8. The fourth-order valence-corrected chi connectivity index (χ4v) is 5.07. The Labute approximate surface area is 195 Å². The number of halogens is 2. The first-order valence-electron chi connectivity index (χ1n) is 10.2. The number of thiazole rings is 1. The summed E-state index contributed by atoms with van der Waals surface area (Å²) in [6.07, 6.45) is 2.88. The van der Waals surface area contributed by atoms with E-state index >= 15 is 0 Å². The molecule has 1 amide bonds. The lowest BCUT2D eigenvalue weighted by Crippen LogP contribution is -2.37. The van der Waals surface area contributed by atoms with Gasteiger partial charge in [0, 0.05) is 34.6 Å². The molecule has 31 heavy (non-hydrogen) atoms. The Balaban J connectivity index is 1.56. The predicted molar refractivity (Wildman–Crippen MR) is 123 cm³/mol. The van der Waals surface area contributed by atoms with Crippen LogP contribution in [0.1, 0.15) is 36.3 Å². The molecule has 1 aromatic carbocycles. The van der Waals surface area contributed by atoms with Crippen molar-refractivity contribution in [2.24, 2.45) is 0 Å². The van der Waals surface area contributed by atoms with E-state index < -0.39 is 0 Å². The van der Waals surface area contributed by atoms with Crippen molar-refractivity contribution in [1.29, 1.82) is 0 Å². The number of hydrogen-bond donors (Lipinski definition) is 0. The first kappa shape index (κ1) is 22.3. The molecule has 164 valence electrons. The highest BCUT2D eigenvalue weighted by Crippen LogP contribution is 2.34. The number of benzene rings is 1. The Morgan fingerprint density at radius 3 is 2.84 bits per heavy atom. The van der Waals surface area contributed by atoms with Crippen molar-refractivity contribution in [2.75, 3.05) is 18.1 Å². The van der Waals surface area contributed by atoms with Crippen LogP contribution in [0.15, 0.2) is 28.1 Å². The van der Waals surface area contributed by atoms with E-state index in [2.05, 4.69) is 5.16 Å². The molecule has 9 heteroatoms. The second kappa shape index (κ2) is 9.69. The molecule has 1 atom stereocenters. The summed E-state index contributed by atoms with van der Waals surface area (Å²) >= 11 is 13.8. The second-order valence-corrected chi connectivity index (χ2v) is 9.26. The zero-order valence-corrected chi connectivity index (χ0v) is 19.7. The van der Waals surface area contributed by atoms with Crippen LogP contribution in [-0.2, 0) is 16.0 Å². The number of hydrogen-bond acceptors (Lipinski definition) is 6. The number of aromatic nitrogens is 2. The summed E-state index contributed by atoms with van der Waals surface area (Å²) in [5.41, 5.74) is 3.31. The van der Waals surface area contributed by atoms with E-state index in [1.54, 1.807) is 17.0 Å². The molecule has 0 spiro atoms. The van der Waals surface area contributed by atoms with Gasteiger partial charge in [-0.2, -0.15) is 0 Å². The van der Waals surface area contributed by atoms with Gasteiger partial charge in [0.15, 0.2) is 5.13 Å². The Morgan fingerprint density at radius 2 is 2.16 bits per heavy atom. The summed E-state index contributed by atoms with van der Waals surface area (Å²) in [6.45, 7) is 4.98. The van der Waals surface area contributed by atoms with Gasteiger partial charge in [-0.05, 0) is 51.3 Å². The smallest absolute Gasteiger partial charge is 0.229 e. The first-order chi connectivity index (χ1) is 14.9. The minimum absolute atomic E-state index is 0.00129. The van der Waals surface area contributed by atoms with Gasteiger partial charge in [-0.1, -0.05) is 28.4 Å². The summed E-state index contributed by atoms with van der Waals surface area (Å²) < 4.78 is 11.0. The van der Waals surface area contributed by atoms with E-state index in [1.807, 2.05) is 25.3 Å². The standard InChI is InChI=1S/C22H23Cl2N3O3S/c1-13-17(14(2)30-26-13)7-8-21(28)27(11-16-4-3-9-29-16)22-25-20(12-31-22)18-6-5-15(23)10-19(18)24/h5-6,10,12,16H,3-4,7-9,11H2,1-2H3. The molecule has 6 nitrogen and oxygen atoms in total. The number of nitrogens with zero attached hydrogens (tertiary/aromatic N) is 3. The van der Waals surface area contributed by atoms with Crippen molar-refractivity contribution >= 4 is 45.6 Å². The minimum atomic E-state index is -0.00129. The van der Waals surface area contributed by atoms with Gasteiger partial charge >= 0.3 is 0 Å². The van der Waals surface area contributed by atoms with E-state index in [1.165, 1.54) is 11.3 Å². The Bertz CT molecular complexity index is 1060. The molecule has 0 radical (unpaired) electrons. The van der Waals surface area contributed by atoms with Crippen molar-refractivity contribution in [1.82, 2.24) is 10.1 Å². The maximum absolute atomic E-state index is 13.2. The molecule has 1 saturated heterocycles. The highest BCUT2D eigenvalue weighted by molar-refractivity contribution is 7.14. The summed E-state index contributed by atoms with van der Waals surface area (Å²) in [6, 6.07) is 5.31. The normalized spacial score (nSPS) is 16.1. The van der Waals surface area contributed by atoms with Crippen LogP contribution in [-0.4, -0.2) is 35.3 Å². The topological polar surface area (TPSA) is 68.5 Å². The van der Waals surface area contributed by atoms with Crippen LogP contribution >= 0.6 is 34.5 Å². The van der Waals surface area contributed by atoms with E-state index in [-0.39, 0.29) is 12.0 Å². The highest BCUT2D eigenvalue weighted by Gasteiger charge is 2.26. The van der Waals surface area contributed by atoms with Crippen LogP contribution in [0.25, 0.3) is 11.3 Å². The fraction of sp³-hybridized carbons (Fsp3) is 0.409. The van der Waals surface area contributed by atoms with Crippen molar-refractivity contribution in [3.05, 3.63) is 50.6 Å². The third-order valence-electron chi connectivity index (χ3n) is 5.41. The van der Waals surface area contributed by atoms with Crippen molar-refractivity contribution in [2.45, 2.75) is 45.6 Å². The molecule has 0 aliphatic carbocycles. The van der Waals surface area contributed by atoms with E-state index in [0.29, 0.717) is 34.6 Å². The quantitative estimate of drug-likeness (QED) is 0.423. The van der Waals surface area contributed by atoms with Gasteiger partial charge in [0.1, 0.15) is 5.76 Å². The van der Waals surface area contributed by atoms with Crippen molar-refractivity contribution < 1.29 is 14.1 Å². The SMILES string of the molecule is Cc1noc(C)c1CCC(=O)N(CC1CCCO1)c1nc(-c2ccc(Cl)cc2Cl)cs1. The van der Waals surface area contributed by atoms with Gasteiger partial charge in [0.2, 0.25) is 5.91 Å². The van der Waals surface area contributed by atoms with E-state index in [0.717, 1.165) is 47.7 Å². The molecule has 1 aliphatic heterocycles. The van der Waals surface area contributed by atoms with Gasteiger partial charge in [0.25, 0.3) is 0 Å². The minimum Gasteiger partial charge on any atom is -0.376 e. The van der Waals surface area contributed by atoms with Crippen molar-refractivity contribution in [3.8, 4) is 11.3 Å². The van der Waals surface area contributed by atoms with Gasteiger partial charge in [-0.25, -0.2) is 4.98 Å². The number of amides is 1. The third-order valence-corrected chi connectivity index (χ3v) is 6.82. The molecule has 0 saturated carbocycles. The van der Waals surface area contributed by atoms with Crippen LogP contribution < -0.4 is 4.90 Å². The Kier molecular flexibility index (Phi) is 6.96. The molecule has 2 aromatic heterocycles. The summed E-state index contributed by atoms with van der Waals surface area (Å²) in [4.78, 5) is 19.7. The maximum Gasteiger partial charge on any atom is 0.229 e. The number of aryl methyl sites for hydroxylation is 2. The second-order valence-electron chi connectivity index (χ2n) is 7.58. The molecular formula is C22H23Cl2N3O3S. The maximum atomic E-state index is 13.2. The van der Waals surface area contributed by atoms with E-state index in [9.17, 15) is 4.79 Å². The molecule has 0 bridgehead atoms. The molecule has 1 aliphatic rings. The lowest BCUT2D eigenvalue weighted by molar-refractivity contribution is -0.119. The summed E-state index contributed by atoms with van der Waals surface area (Å²) in [7, 11) is 0. The van der Waals surface area contributed by atoms with E-state index in [4.69, 9.17) is 37.4 Å². The van der Waals surface area contributed by atoms with Crippen LogP contribution in [0.5, 0.6) is 0 Å². The largest absolute Gasteiger partial charge is 0.376 e. The van der Waals surface area contributed by atoms with Gasteiger partial charge < -0.3 is 9.26 Å².